The maximum atomic E-state index is 12.3. The van der Waals surface area contributed by atoms with Crippen molar-refractivity contribution in [2.75, 3.05) is 18.2 Å². The minimum atomic E-state index is -0.0559. The zero-order chi connectivity index (χ0) is 19.9. The van der Waals surface area contributed by atoms with Crippen molar-refractivity contribution in [1.29, 1.82) is 0 Å². The number of hydrogen-bond donors (Lipinski definition) is 1. The topological polar surface area (TPSA) is 60.5 Å². The molecule has 0 fully saturated rings. The number of aromatic nitrogens is 1. The molecule has 3 aromatic rings. The van der Waals surface area contributed by atoms with E-state index >= 15 is 0 Å². The number of amides is 1. The van der Waals surface area contributed by atoms with E-state index in [0.29, 0.717) is 18.8 Å². The summed E-state index contributed by atoms with van der Waals surface area (Å²) in [6.45, 7) is 4.52. The zero-order valence-corrected chi connectivity index (χ0v) is 17.7. The maximum Gasteiger partial charge on any atom is 0.229 e. The minimum Gasteiger partial charge on any atom is -0.494 e. The zero-order valence-electron chi connectivity index (χ0n) is 16.0. The second-order valence-corrected chi connectivity index (χ2v) is 8.09. The minimum absolute atomic E-state index is 0.0559. The maximum absolute atomic E-state index is 12.3. The molecule has 7 heteroatoms. The lowest BCUT2D eigenvalue weighted by atomic mass is 10.2. The molecule has 1 amide bonds. The quantitative estimate of drug-likeness (QED) is 0.490. The first-order chi connectivity index (χ1) is 13.6. The highest BCUT2D eigenvalue weighted by molar-refractivity contribution is 8.00. The summed E-state index contributed by atoms with van der Waals surface area (Å²) in [5.74, 6) is 2.18. The molecule has 0 aliphatic rings. The Hall–Kier alpha value is -2.51. The molecule has 146 valence electrons. The summed E-state index contributed by atoms with van der Waals surface area (Å²) < 4.78 is 12.2. The predicted octanol–water partition coefficient (Wildman–Crippen LogP) is 5.55. The van der Waals surface area contributed by atoms with Crippen LogP contribution in [-0.4, -0.2) is 23.8 Å². The van der Waals surface area contributed by atoms with Crippen LogP contribution in [0, 0.1) is 6.92 Å². The third kappa shape index (κ3) is 5.50. The van der Waals surface area contributed by atoms with Crippen LogP contribution in [0.5, 0.6) is 17.2 Å². The van der Waals surface area contributed by atoms with Crippen LogP contribution in [0.2, 0.25) is 0 Å². The highest BCUT2D eigenvalue weighted by Crippen LogP contribution is 2.27. The predicted molar refractivity (Wildman–Crippen MR) is 115 cm³/mol. The van der Waals surface area contributed by atoms with Crippen molar-refractivity contribution in [3.8, 4) is 17.2 Å². The largest absolute Gasteiger partial charge is 0.494 e. The first-order valence-corrected chi connectivity index (χ1v) is 10.9. The van der Waals surface area contributed by atoms with Gasteiger partial charge in [-0.3, -0.25) is 4.79 Å². The third-order valence-corrected chi connectivity index (χ3v) is 6.02. The van der Waals surface area contributed by atoms with Crippen LogP contribution >= 0.6 is 23.1 Å². The SMILES string of the molecule is CCOc1ccc(Oc2ccc(NC(=O)Cc3sc(SC)nc3C)cc2)cc1. The average molecular weight is 415 g/mol. The van der Waals surface area contributed by atoms with E-state index in [1.807, 2.05) is 68.6 Å². The van der Waals surface area contributed by atoms with Crippen molar-refractivity contribution in [3.63, 3.8) is 0 Å². The third-order valence-electron chi connectivity index (χ3n) is 3.88. The van der Waals surface area contributed by atoms with Crippen molar-refractivity contribution < 1.29 is 14.3 Å². The molecular weight excluding hydrogens is 392 g/mol. The van der Waals surface area contributed by atoms with E-state index in [0.717, 1.165) is 32.1 Å². The summed E-state index contributed by atoms with van der Waals surface area (Å²) in [4.78, 5) is 17.7. The molecule has 1 heterocycles. The van der Waals surface area contributed by atoms with Gasteiger partial charge in [0.1, 0.15) is 21.6 Å². The van der Waals surface area contributed by atoms with Gasteiger partial charge in [-0.1, -0.05) is 11.8 Å². The first-order valence-electron chi connectivity index (χ1n) is 8.88. The summed E-state index contributed by atoms with van der Waals surface area (Å²) in [5, 5.41) is 2.92. The van der Waals surface area contributed by atoms with Gasteiger partial charge in [0.2, 0.25) is 5.91 Å². The Balaban J connectivity index is 1.56. The molecule has 0 aliphatic carbocycles. The second-order valence-electron chi connectivity index (χ2n) is 5.95. The van der Waals surface area contributed by atoms with E-state index in [9.17, 15) is 4.79 Å². The molecule has 0 saturated carbocycles. The number of benzene rings is 2. The second kappa shape index (κ2) is 9.61. The fourth-order valence-corrected chi connectivity index (χ4v) is 4.17. The Kier molecular flexibility index (Phi) is 6.95. The number of carbonyl (C=O) groups excluding carboxylic acids is 1. The van der Waals surface area contributed by atoms with Crippen LogP contribution in [0.4, 0.5) is 5.69 Å². The molecule has 2 aromatic carbocycles. The van der Waals surface area contributed by atoms with Crippen LogP contribution < -0.4 is 14.8 Å². The highest BCUT2D eigenvalue weighted by Gasteiger charge is 2.12. The molecule has 0 atom stereocenters. The smallest absolute Gasteiger partial charge is 0.229 e. The Labute approximate surface area is 173 Å². The molecule has 1 aromatic heterocycles. The molecule has 0 aliphatic heterocycles. The van der Waals surface area contributed by atoms with Gasteiger partial charge in [-0.25, -0.2) is 4.98 Å². The average Bonchev–Trinajstić information content (AvgIpc) is 3.04. The van der Waals surface area contributed by atoms with Crippen molar-refractivity contribution in [2.24, 2.45) is 0 Å². The summed E-state index contributed by atoms with van der Waals surface area (Å²) in [6.07, 6.45) is 2.31. The number of carbonyl (C=O) groups is 1. The summed E-state index contributed by atoms with van der Waals surface area (Å²) >= 11 is 3.16. The lowest BCUT2D eigenvalue weighted by Gasteiger charge is -2.09. The van der Waals surface area contributed by atoms with E-state index in [4.69, 9.17) is 9.47 Å². The van der Waals surface area contributed by atoms with E-state index in [2.05, 4.69) is 10.3 Å². The van der Waals surface area contributed by atoms with Gasteiger partial charge in [0.15, 0.2) is 0 Å². The van der Waals surface area contributed by atoms with Crippen molar-refractivity contribution in [2.45, 2.75) is 24.6 Å². The van der Waals surface area contributed by atoms with Crippen molar-refractivity contribution in [3.05, 3.63) is 59.1 Å². The molecule has 0 radical (unpaired) electrons. The first kappa shape index (κ1) is 20.2. The molecule has 3 rings (SSSR count). The van der Waals surface area contributed by atoms with Crippen LogP contribution in [0.3, 0.4) is 0 Å². The van der Waals surface area contributed by atoms with Gasteiger partial charge < -0.3 is 14.8 Å². The number of nitrogens with zero attached hydrogens (tertiary/aromatic N) is 1. The Morgan fingerprint density at radius 3 is 2.25 bits per heavy atom. The Morgan fingerprint density at radius 1 is 1.07 bits per heavy atom. The normalized spacial score (nSPS) is 10.5. The van der Waals surface area contributed by atoms with Gasteiger partial charge in [-0.2, -0.15) is 0 Å². The van der Waals surface area contributed by atoms with Gasteiger partial charge >= 0.3 is 0 Å². The molecule has 5 nitrogen and oxygen atoms in total. The fraction of sp³-hybridized carbons (Fsp3) is 0.238. The van der Waals surface area contributed by atoms with E-state index < -0.39 is 0 Å². The molecular formula is C21H22N2O3S2. The highest BCUT2D eigenvalue weighted by atomic mass is 32.2. The van der Waals surface area contributed by atoms with Crippen molar-refractivity contribution >= 4 is 34.7 Å². The fourth-order valence-electron chi connectivity index (χ4n) is 2.52. The molecule has 0 unspecified atom stereocenters. The number of hydrogen-bond acceptors (Lipinski definition) is 6. The van der Waals surface area contributed by atoms with E-state index in [1.54, 1.807) is 23.1 Å². The number of aryl methyl sites for hydroxylation is 1. The lowest BCUT2D eigenvalue weighted by Crippen LogP contribution is -2.14. The van der Waals surface area contributed by atoms with Crippen LogP contribution in [-0.2, 0) is 11.2 Å². The van der Waals surface area contributed by atoms with Crippen LogP contribution in [0.15, 0.2) is 52.9 Å². The van der Waals surface area contributed by atoms with Gasteiger partial charge in [0.25, 0.3) is 0 Å². The molecule has 0 saturated heterocycles. The number of thioether (sulfide) groups is 1. The Bertz CT molecular complexity index is 922. The summed E-state index contributed by atoms with van der Waals surface area (Å²) in [5.41, 5.74) is 1.65. The lowest BCUT2D eigenvalue weighted by molar-refractivity contribution is -0.115. The number of thiazole rings is 1. The molecule has 1 N–H and O–H groups in total. The number of nitrogens with one attached hydrogen (secondary N) is 1. The van der Waals surface area contributed by atoms with Gasteiger partial charge in [-0.05, 0) is 68.6 Å². The summed E-state index contributed by atoms with van der Waals surface area (Å²) in [7, 11) is 0. The van der Waals surface area contributed by atoms with E-state index in [-0.39, 0.29) is 5.91 Å². The number of ether oxygens (including phenoxy) is 2. The van der Waals surface area contributed by atoms with Crippen LogP contribution in [0.1, 0.15) is 17.5 Å². The van der Waals surface area contributed by atoms with E-state index in [1.165, 1.54) is 0 Å². The Morgan fingerprint density at radius 2 is 1.68 bits per heavy atom. The molecule has 0 bridgehead atoms. The molecule has 28 heavy (non-hydrogen) atoms. The standard InChI is InChI=1S/C21H22N2O3S2/c1-4-25-16-9-11-18(12-10-16)26-17-7-5-15(6-8-17)23-20(24)13-19-14(2)22-21(27-3)28-19/h5-12H,4,13H2,1-3H3,(H,23,24). The monoisotopic (exact) mass is 414 g/mol. The van der Waals surface area contributed by atoms with Gasteiger partial charge in [0, 0.05) is 10.6 Å². The molecule has 0 spiro atoms. The number of anilines is 1. The van der Waals surface area contributed by atoms with Gasteiger partial charge in [0.05, 0.1) is 18.7 Å². The number of rotatable bonds is 8. The summed E-state index contributed by atoms with van der Waals surface area (Å²) in [6, 6.07) is 14.8. The van der Waals surface area contributed by atoms with Crippen LogP contribution in [0.25, 0.3) is 0 Å². The van der Waals surface area contributed by atoms with Crippen molar-refractivity contribution in [1.82, 2.24) is 4.98 Å². The van der Waals surface area contributed by atoms with Gasteiger partial charge in [-0.15, -0.1) is 11.3 Å².